The van der Waals surface area contributed by atoms with Crippen molar-refractivity contribution < 1.29 is 19.1 Å². The number of rotatable bonds is 6. The lowest BCUT2D eigenvalue weighted by atomic mass is 9.81. The third-order valence-corrected chi connectivity index (χ3v) is 5.04. The molecule has 0 N–H and O–H groups in total. The molecule has 156 valence electrons. The summed E-state index contributed by atoms with van der Waals surface area (Å²) >= 11 is 0. The first kappa shape index (κ1) is 26.6. The predicted octanol–water partition coefficient (Wildman–Crippen LogP) is 3.65. The fourth-order valence-electron chi connectivity index (χ4n) is 1.89. The van der Waals surface area contributed by atoms with E-state index < -0.39 is 33.5 Å². The number of carbonyl (C=O) groups is 2. The van der Waals surface area contributed by atoms with E-state index in [-0.39, 0.29) is 26.1 Å². The first-order chi connectivity index (χ1) is 13.4. The van der Waals surface area contributed by atoms with Crippen molar-refractivity contribution in [3.8, 4) is 46.6 Å². The zero-order valence-electron chi connectivity index (χ0n) is 19.0. The summed E-state index contributed by atoms with van der Waals surface area (Å²) in [7, 11) is -3.10. The van der Waals surface area contributed by atoms with Crippen molar-refractivity contribution in [3.63, 3.8) is 0 Å². The van der Waals surface area contributed by atoms with Crippen LogP contribution in [0.3, 0.4) is 0 Å². The van der Waals surface area contributed by atoms with Crippen molar-refractivity contribution in [2.24, 2.45) is 5.41 Å². The van der Waals surface area contributed by atoms with Crippen LogP contribution in [0, 0.1) is 52.0 Å². The maximum Gasteiger partial charge on any atom is 0.325 e. The summed E-state index contributed by atoms with van der Waals surface area (Å²) in [5.74, 6) is 15.5. The van der Waals surface area contributed by atoms with Crippen molar-refractivity contribution >= 4 is 28.1 Å². The van der Waals surface area contributed by atoms with Crippen LogP contribution in [0.2, 0.25) is 39.3 Å². The average molecular weight is 429 g/mol. The minimum absolute atomic E-state index is 0.0683. The van der Waals surface area contributed by atoms with Gasteiger partial charge in [-0.1, -0.05) is 51.1 Å². The predicted molar refractivity (Wildman–Crippen MR) is 123 cm³/mol. The lowest BCUT2D eigenvalue weighted by molar-refractivity contribution is -0.171. The molecular weight excluding hydrogens is 396 g/mol. The van der Waals surface area contributed by atoms with Gasteiger partial charge in [-0.2, -0.15) is 0 Å². The van der Waals surface area contributed by atoms with Crippen molar-refractivity contribution in [3.05, 3.63) is 0 Å². The van der Waals surface area contributed by atoms with E-state index in [9.17, 15) is 9.59 Å². The van der Waals surface area contributed by atoms with Crippen molar-refractivity contribution in [1.82, 2.24) is 0 Å². The molecule has 0 aliphatic heterocycles. The second kappa shape index (κ2) is 12.2. The normalized spacial score (nSPS) is 10.5. The van der Waals surface area contributed by atoms with E-state index in [1.54, 1.807) is 13.8 Å². The Morgan fingerprint density at radius 1 is 0.690 bits per heavy atom. The van der Waals surface area contributed by atoms with Gasteiger partial charge in [-0.25, -0.2) is 0 Å². The smallest absolute Gasteiger partial charge is 0.325 e. The largest absolute Gasteiger partial charge is 0.465 e. The Morgan fingerprint density at radius 2 is 1.03 bits per heavy atom. The summed E-state index contributed by atoms with van der Waals surface area (Å²) in [5.41, 5.74) is 4.66. The standard InChI is InChI=1S/C23H32O4Si2/c1-9-26-21(24)23(22(25)27-10-2,17-13-11-15-19-28(3,4)5)18-14-12-16-20-29(6,7)8/h9-10,17-18H2,1-8H3. The number of carbonyl (C=O) groups excluding carboxylic acids is 2. The molecule has 6 heteroatoms. The molecule has 4 nitrogen and oxygen atoms in total. The maximum absolute atomic E-state index is 12.7. The second-order valence-electron chi connectivity index (χ2n) is 8.48. The zero-order chi connectivity index (χ0) is 22.6. The molecular formula is C23H32O4Si2. The summed E-state index contributed by atoms with van der Waals surface area (Å²) < 4.78 is 10.3. The lowest BCUT2D eigenvalue weighted by Crippen LogP contribution is -2.41. The monoisotopic (exact) mass is 428 g/mol. The topological polar surface area (TPSA) is 52.6 Å². The molecule has 0 aliphatic rings. The lowest BCUT2D eigenvalue weighted by Gasteiger charge is -2.25. The van der Waals surface area contributed by atoms with Gasteiger partial charge in [-0.15, -0.1) is 11.1 Å². The van der Waals surface area contributed by atoms with Crippen molar-refractivity contribution in [2.75, 3.05) is 13.2 Å². The van der Waals surface area contributed by atoms with Gasteiger partial charge in [-0.05, 0) is 37.5 Å². The van der Waals surface area contributed by atoms with Crippen LogP contribution in [0.1, 0.15) is 26.7 Å². The van der Waals surface area contributed by atoms with Crippen molar-refractivity contribution in [1.29, 1.82) is 0 Å². The molecule has 0 fully saturated rings. The first-order valence-electron chi connectivity index (χ1n) is 9.72. The van der Waals surface area contributed by atoms with Crippen LogP contribution in [0.15, 0.2) is 0 Å². The summed E-state index contributed by atoms with van der Waals surface area (Å²) in [6.07, 6.45) is -0.137. The minimum Gasteiger partial charge on any atom is -0.465 e. The van der Waals surface area contributed by atoms with Gasteiger partial charge >= 0.3 is 11.9 Å². The van der Waals surface area contributed by atoms with Gasteiger partial charge in [0.05, 0.1) is 13.2 Å². The zero-order valence-corrected chi connectivity index (χ0v) is 21.0. The SMILES string of the molecule is CCOC(=O)C(CC#CC#C[Si](C)(C)C)(CC#CC#C[Si](C)(C)C)C(=O)OCC. The highest BCUT2D eigenvalue weighted by Crippen LogP contribution is 2.30. The molecule has 0 atom stereocenters. The molecule has 0 rings (SSSR count). The van der Waals surface area contributed by atoms with Crippen LogP contribution in [-0.2, 0) is 19.1 Å². The number of hydrogen-bond donors (Lipinski definition) is 0. The molecule has 0 unspecified atom stereocenters. The van der Waals surface area contributed by atoms with Crippen LogP contribution >= 0.6 is 0 Å². The van der Waals surface area contributed by atoms with Crippen LogP contribution < -0.4 is 0 Å². The molecule has 0 radical (unpaired) electrons. The Morgan fingerprint density at radius 3 is 1.31 bits per heavy atom. The molecule has 0 aromatic carbocycles. The van der Waals surface area contributed by atoms with Gasteiger partial charge < -0.3 is 9.47 Å². The molecule has 0 saturated carbocycles. The molecule has 0 amide bonds. The first-order valence-corrected chi connectivity index (χ1v) is 16.7. The molecule has 0 heterocycles. The Kier molecular flexibility index (Phi) is 11.2. The summed E-state index contributed by atoms with van der Waals surface area (Å²) in [4.78, 5) is 25.4. The maximum atomic E-state index is 12.7. The molecule has 0 bridgehead atoms. The van der Waals surface area contributed by atoms with Gasteiger partial charge in [0.15, 0.2) is 5.41 Å². The van der Waals surface area contributed by atoms with E-state index in [1.165, 1.54) is 0 Å². The van der Waals surface area contributed by atoms with Crippen LogP contribution in [-0.4, -0.2) is 41.3 Å². The van der Waals surface area contributed by atoms with Crippen LogP contribution in [0.4, 0.5) is 0 Å². The van der Waals surface area contributed by atoms with Gasteiger partial charge in [0.1, 0.15) is 16.1 Å². The third-order valence-electron chi connectivity index (χ3n) is 3.29. The van der Waals surface area contributed by atoms with E-state index >= 15 is 0 Å². The quantitative estimate of drug-likeness (QED) is 0.280. The average Bonchev–Trinajstić information content (AvgIpc) is 2.57. The number of hydrogen-bond acceptors (Lipinski definition) is 4. The highest BCUT2D eigenvalue weighted by Gasteiger charge is 2.48. The van der Waals surface area contributed by atoms with E-state index in [4.69, 9.17) is 9.47 Å². The van der Waals surface area contributed by atoms with Crippen LogP contribution in [0.25, 0.3) is 0 Å². The highest BCUT2D eigenvalue weighted by atomic mass is 28.3. The van der Waals surface area contributed by atoms with Gasteiger partial charge in [0.2, 0.25) is 0 Å². The fraction of sp³-hybridized carbons (Fsp3) is 0.565. The van der Waals surface area contributed by atoms with E-state index in [1.807, 2.05) is 0 Å². The van der Waals surface area contributed by atoms with E-state index in [0.717, 1.165) is 0 Å². The van der Waals surface area contributed by atoms with Gasteiger partial charge in [0.25, 0.3) is 0 Å². The summed E-state index contributed by atoms with van der Waals surface area (Å²) in [6, 6.07) is 0. The second-order valence-corrected chi connectivity index (χ2v) is 18.0. The van der Waals surface area contributed by atoms with Crippen LogP contribution in [0.5, 0.6) is 0 Å². The molecule has 29 heavy (non-hydrogen) atoms. The molecule has 0 aliphatic carbocycles. The summed E-state index contributed by atoms with van der Waals surface area (Å²) in [6.45, 7) is 16.3. The minimum atomic E-state index is -1.60. The molecule has 0 aromatic rings. The molecule has 0 aromatic heterocycles. The molecule has 0 spiro atoms. The Bertz CT molecular complexity index is 757. The fourth-order valence-corrected chi connectivity index (χ4v) is 2.76. The number of esters is 2. The Labute approximate surface area is 178 Å². The highest BCUT2D eigenvalue weighted by molar-refractivity contribution is 6.84. The number of ether oxygens (including phenoxy) is 2. The van der Waals surface area contributed by atoms with Gasteiger partial charge in [0, 0.05) is 12.8 Å². The summed E-state index contributed by atoms with van der Waals surface area (Å²) in [5, 5.41) is 0. The van der Waals surface area contributed by atoms with Crippen molar-refractivity contribution in [2.45, 2.75) is 66.0 Å². The van der Waals surface area contributed by atoms with Gasteiger partial charge in [-0.3, -0.25) is 9.59 Å². The Hall–Kier alpha value is -2.39. The third kappa shape index (κ3) is 11.3. The van der Waals surface area contributed by atoms with E-state index in [2.05, 4.69) is 85.9 Å². The Balaban J connectivity index is 5.94. The molecule has 0 saturated heterocycles. The van der Waals surface area contributed by atoms with E-state index in [0.29, 0.717) is 0 Å².